The third-order valence-corrected chi connectivity index (χ3v) is 4.91. The minimum Gasteiger partial charge on any atom is -0.376 e. The molecule has 5 heteroatoms. The van der Waals surface area contributed by atoms with Crippen LogP contribution in [0, 0.1) is 0 Å². The fourth-order valence-electron chi connectivity index (χ4n) is 3.22. The minimum atomic E-state index is 0.0208. The zero-order valence-corrected chi connectivity index (χ0v) is 16.3. The number of nitrogens with zero attached hydrogens (tertiary/aromatic N) is 2. The Morgan fingerprint density at radius 2 is 1.75 bits per heavy atom. The molecule has 1 aliphatic rings. The topological polar surface area (TPSA) is 52.7 Å². The average Bonchev–Trinajstić information content (AvgIpc) is 2.73. The Morgan fingerprint density at radius 1 is 1.00 bits per heavy atom. The maximum absolute atomic E-state index is 12.5. The largest absolute Gasteiger partial charge is 0.376 e. The van der Waals surface area contributed by atoms with Crippen LogP contribution in [0.4, 0.5) is 5.69 Å². The van der Waals surface area contributed by atoms with Crippen molar-refractivity contribution in [3.63, 3.8) is 0 Å². The molecule has 0 unspecified atom stereocenters. The molecule has 1 heterocycles. The second kappa shape index (κ2) is 9.85. The standard InChI is InChI=1S/C23H27N3O2/c1-19(27)21-10-5-11-22(17-21)24-18-23(28)26-15-13-25(14-16-26)12-6-9-20-7-3-2-4-8-20/h2-11,17,24H,12-16,18H2,1H3/b9-6+. The summed E-state index contributed by atoms with van der Waals surface area (Å²) in [6, 6.07) is 17.5. The molecule has 1 amide bonds. The molecule has 2 aromatic carbocycles. The third kappa shape index (κ3) is 5.79. The summed E-state index contributed by atoms with van der Waals surface area (Å²) in [5, 5.41) is 3.13. The molecule has 1 aliphatic heterocycles. The summed E-state index contributed by atoms with van der Waals surface area (Å²) in [6.07, 6.45) is 4.31. The summed E-state index contributed by atoms with van der Waals surface area (Å²) in [5.74, 6) is 0.111. The normalized spacial score (nSPS) is 15.0. The van der Waals surface area contributed by atoms with Gasteiger partial charge in [-0.15, -0.1) is 0 Å². The Morgan fingerprint density at radius 3 is 2.46 bits per heavy atom. The van der Waals surface area contributed by atoms with Gasteiger partial charge in [-0.2, -0.15) is 0 Å². The van der Waals surface area contributed by atoms with Crippen molar-refractivity contribution in [3.8, 4) is 0 Å². The summed E-state index contributed by atoms with van der Waals surface area (Å²) in [4.78, 5) is 28.2. The lowest BCUT2D eigenvalue weighted by atomic mass is 10.1. The molecule has 3 rings (SSSR count). The van der Waals surface area contributed by atoms with Crippen LogP contribution < -0.4 is 5.32 Å². The molecule has 0 aromatic heterocycles. The van der Waals surface area contributed by atoms with Gasteiger partial charge in [-0.05, 0) is 24.6 Å². The minimum absolute atomic E-state index is 0.0208. The van der Waals surface area contributed by atoms with E-state index in [2.05, 4.69) is 34.5 Å². The molecule has 0 aliphatic carbocycles. The smallest absolute Gasteiger partial charge is 0.241 e. The number of hydrogen-bond donors (Lipinski definition) is 1. The van der Waals surface area contributed by atoms with Crippen LogP contribution in [0.2, 0.25) is 0 Å². The van der Waals surface area contributed by atoms with Crippen LogP contribution >= 0.6 is 0 Å². The zero-order valence-electron chi connectivity index (χ0n) is 16.3. The summed E-state index contributed by atoms with van der Waals surface area (Å²) in [7, 11) is 0. The van der Waals surface area contributed by atoms with E-state index in [-0.39, 0.29) is 18.2 Å². The van der Waals surface area contributed by atoms with Crippen LogP contribution in [0.25, 0.3) is 6.08 Å². The lowest BCUT2D eigenvalue weighted by Crippen LogP contribution is -2.50. The first-order chi connectivity index (χ1) is 13.6. The molecular formula is C23H27N3O2. The number of hydrogen-bond acceptors (Lipinski definition) is 4. The number of anilines is 1. The van der Waals surface area contributed by atoms with E-state index < -0.39 is 0 Å². The Bertz CT molecular complexity index is 825. The van der Waals surface area contributed by atoms with E-state index in [0.29, 0.717) is 5.56 Å². The number of piperazine rings is 1. The van der Waals surface area contributed by atoms with Gasteiger partial charge in [-0.3, -0.25) is 14.5 Å². The van der Waals surface area contributed by atoms with E-state index in [4.69, 9.17) is 0 Å². The number of Topliss-reactive ketones (excluding diaryl/α,β-unsaturated/α-hetero) is 1. The fraction of sp³-hybridized carbons (Fsp3) is 0.304. The number of amides is 1. The highest BCUT2D eigenvalue weighted by Gasteiger charge is 2.20. The van der Waals surface area contributed by atoms with Crippen LogP contribution in [0.1, 0.15) is 22.8 Å². The van der Waals surface area contributed by atoms with Crippen molar-refractivity contribution in [1.29, 1.82) is 0 Å². The molecule has 5 nitrogen and oxygen atoms in total. The van der Waals surface area contributed by atoms with Crippen LogP contribution in [-0.4, -0.2) is 60.8 Å². The van der Waals surface area contributed by atoms with Gasteiger partial charge in [-0.25, -0.2) is 0 Å². The number of carbonyl (C=O) groups excluding carboxylic acids is 2. The SMILES string of the molecule is CC(=O)c1cccc(NCC(=O)N2CCN(C/C=C/c3ccccc3)CC2)c1. The van der Waals surface area contributed by atoms with Gasteiger partial charge in [0.15, 0.2) is 5.78 Å². The van der Waals surface area contributed by atoms with E-state index >= 15 is 0 Å². The van der Waals surface area contributed by atoms with Crippen molar-refractivity contribution in [1.82, 2.24) is 9.80 Å². The van der Waals surface area contributed by atoms with Gasteiger partial charge in [0.25, 0.3) is 0 Å². The number of ketones is 1. The Labute approximate surface area is 166 Å². The summed E-state index contributed by atoms with van der Waals surface area (Å²) in [6.45, 7) is 5.93. The van der Waals surface area contributed by atoms with Crippen molar-refractivity contribution in [2.75, 3.05) is 44.6 Å². The molecule has 28 heavy (non-hydrogen) atoms. The average molecular weight is 377 g/mol. The second-order valence-corrected chi connectivity index (χ2v) is 6.98. The quantitative estimate of drug-likeness (QED) is 0.753. The number of carbonyl (C=O) groups is 2. The highest BCUT2D eigenvalue weighted by atomic mass is 16.2. The van der Waals surface area contributed by atoms with Gasteiger partial charge < -0.3 is 10.2 Å². The van der Waals surface area contributed by atoms with Crippen molar-refractivity contribution >= 4 is 23.5 Å². The van der Waals surface area contributed by atoms with Crippen LogP contribution in [-0.2, 0) is 4.79 Å². The first kappa shape index (κ1) is 19.8. The maximum atomic E-state index is 12.5. The van der Waals surface area contributed by atoms with E-state index in [0.717, 1.165) is 38.4 Å². The van der Waals surface area contributed by atoms with Crippen molar-refractivity contribution in [2.24, 2.45) is 0 Å². The van der Waals surface area contributed by atoms with Crippen molar-refractivity contribution in [3.05, 3.63) is 71.8 Å². The molecular weight excluding hydrogens is 350 g/mol. The molecule has 1 fully saturated rings. The number of nitrogens with one attached hydrogen (secondary N) is 1. The molecule has 1 saturated heterocycles. The lowest BCUT2D eigenvalue weighted by Gasteiger charge is -2.34. The van der Waals surface area contributed by atoms with Gasteiger partial charge in [0.2, 0.25) is 5.91 Å². The first-order valence-corrected chi connectivity index (χ1v) is 9.68. The number of benzene rings is 2. The van der Waals surface area contributed by atoms with Crippen LogP contribution in [0.15, 0.2) is 60.7 Å². The van der Waals surface area contributed by atoms with Gasteiger partial charge in [0, 0.05) is 44.0 Å². The molecule has 1 N–H and O–H groups in total. The highest BCUT2D eigenvalue weighted by Crippen LogP contribution is 2.11. The summed E-state index contributed by atoms with van der Waals surface area (Å²) < 4.78 is 0. The van der Waals surface area contributed by atoms with Crippen molar-refractivity contribution < 1.29 is 9.59 Å². The lowest BCUT2D eigenvalue weighted by molar-refractivity contribution is -0.130. The Balaban J connectivity index is 1.40. The van der Waals surface area contributed by atoms with E-state index in [1.807, 2.05) is 35.2 Å². The van der Waals surface area contributed by atoms with E-state index in [9.17, 15) is 9.59 Å². The maximum Gasteiger partial charge on any atom is 0.241 e. The Kier molecular flexibility index (Phi) is 6.98. The molecule has 0 radical (unpaired) electrons. The fourth-order valence-corrected chi connectivity index (χ4v) is 3.22. The molecule has 0 bridgehead atoms. The van der Waals surface area contributed by atoms with Crippen molar-refractivity contribution in [2.45, 2.75) is 6.92 Å². The first-order valence-electron chi connectivity index (χ1n) is 9.68. The predicted molar refractivity (Wildman–Crippen MR) is 113 cm³/mol. The highest BCUT2D eigenvalue weighted by molar-refractivity contribution is 5.95. The van der Waals surface area contributed by atoms with Crippen LogP contribution in [0.5, 0.6) is 0 Å². The molecule has 2 aromatic rings. The van der Waals surface area contributed by atoms with Crippen LogP contribution in [0.3, 0.4) is 0 Å². The van der Waals surface area contributed by atoms with Gasteiger partial charge in [-0.1, -0.05) is 54.6 Å². The molecule has 0 atom stereocenters. The molecule has 0 spiro atoms. The van der Waals surface area contributed by atoms with E-state index in [1.165, 1.54) is 5.56 Å². The predicted octanol–water partition coefficient (Wildman–Crippen LogP) is 3.16. The zero-order chi connectivity index (χ0) is 19.8. The summed E-state index contributed by atoms with van der Waals surface area (Å²) in [5.41, 5.74) is 2.65. The van der Waals surface area contributed by atoms with Gasteiger partial charge >= 0.3 is 0 Å². The molecule has 146 valence electrons. The number of rotatable bonds is 7. The van der Waals surface area contributed by atoms with E-state index in [1.54, 1.807) is 19.1 Å². The van der Waals surface area contributed by atoms with Gasteiger partial charge in [0.1, 0.15) is 0 Å². The second-order valence-electron chi connectivity index (χ2n) is 6.98. The van der Waals surface area contributed by atoms with Gasteiger partial charge in [0.05, 0.1) is 6.54 Å². The Hall–Kier alpha value is -2.92. The monoisotopic (exact) mass is 377 g/mol. The summed E-state index contributed by atoms with van der Waals surface area (Å²) >= 11 is 0. The third-order valence-electron chi connectivity index (χ3n) is 4.91. The molecule has 0 saturated carbocycles.